The van der Waals surface area contributed by atoms with E-state index in [1.165, 1.54) is 11.8 Å². The van der Waals surface area contributed by atoms with Crippen molar-refractivity contribution in [2.75, 3.05) is 0 Å². The van der Waals surface area contributed by atoms with E-state index >= 15 is 0 Å². The van der Waals surface area contributed by atoms with Crippen molar-refractivity contribution in [2.24, 2.45) is 4.99 Å². The van der Waals surface area contributed by atoms with Crippen LogP contribution in [-0.2, 0) is 4.79 Å². The Morgan fingerprint density at radius 2 is 2.18 bits per heavy atom. The van der Waals surface area contributed by atoms with E-state index in [1.54, 1.807) is 20.8 Å². The summed E-state index contributed by atoms with van der Waals surface area (Å²) in [5.41, 5.74) is -0.967. The van der Waals surface area contributed by atoms with Gasteiger partial charge in [0.2, 0.25) is 0 Å². The number of hydrogen-bond donors (Lipinski definition) is 1. The SMILES string of the molecule is CC1SC(C(C)(C)O)=NC1=O. The van der Waals surface area contributed by atoms with Crippen LogP contribution in [0.4, 0.5) is 0 Å². The van der Waals surface area contributed by atoms with Crippen molar-refractivity contribution < 1.29 is 9.90 Å². The quantitative estimate of drug-likeness (QED) is 0.638. The third-order valence-corrected chi connectivity index (χ3v) is 2.74. The first-order valence-corrected chi connectivity index (χ1v) is 4.31. The molecule has 0 radical (unpaired) electrons. The minimum Gasteiger partial charge on any atom is -0.384 e. The molecule has 0 aromatic heterocycles. The fraction of sp³-hybridized carbons (Fsp3) is 0.714. The molecule has 1 aliphatic rings. The van der Waals surface area contributed by atoms with Gasteiger partial charge in [-0.25, -0.2) is 4.99 Å². The number of carbonyl (C=O) groups excluding carboxylic acids is 1. The van der Waals surface area contributed by atoms with Crippen LogP contribution in [0.1, 0.15) is 20.8 Å². The van der Waals surface area contributed by atoms with Gasteiger partial charge >= 0.3 is 0 Å². The Balaban J connectivity index is 2.80. The first kappa shape index (κ1) is 8.74. The molecular weight excluding hydrogens is 162 g/mol. The molecule has 0 saturated carbocycles. The summed E-state index contributed by atoms with van der Waals surface area (Å²) in [5, 5.41) is 9.84. The maximum atomic E-state index is 10.9. The molecule has 1 unspecified atom stereocenters. The lowest BCUT2D eigenvalue weighted by atomic mass is 10.2. The number of rotatable bonds is 1. The van der Waals surface area contributed by atoms with Crippen LogP contribution in [0.5, 0.6) is 0 Å². The van der Waals surface area contributed by atoms with Crippen LogP contribution in [0.2, 0.25) is 0 Å². The Labute approximate surface area is 69.9 Å². The summed E-state index contributed by atoms with van der Waals surface area (Å²) >= 11 is 1.33. The van der Waals surface area contributed by atoms with Gasteiger partial charge in [-0.3, -0.25) is 4.79 Å². The van der Waals surface area contributed by atoms with Crippen molar-refractivity contribution in [1.82, 2.24) is 0 Å². The van der Waals surface area contributed by atoms with Gasteiger partial charge in [-0.05, 0) is 20.8 Å². The Bertz CT molecular complexity index is 217. The molecule has 1 heterocycles. The highest BCUT2D eigenvalue weighted by atomic mass is 32.2. The summed E-state index contributed by atoms with van der Waals surface area (Å²) in [6.45, 7) is 5.05. The van der Waals surface area contributed by atoms with Gasteiger partial charge in [0.15, 0.2) is 0 Å². The molecule has 0 saturated heterocycles. The molecule has 0 bridgehead atoms. The van der Waals surface area contributed by atoms with Crippen molar-refractivity contribution in [3.05, 3.63) is 0 Å². The van der Waals surface area contributed by atoms with Crippen LogP contribution in [-0.4, -0.2) is 26.9 Å². The summed E-state index contributed by atoms with van der Waals surface area (Å²) in [5.74, 6) is -0.146. The van der Waals surface area contributed by atoms with Crippen LogP contribution in [0.25, 0.3) is 0 Å². The second-order valence-corrected chi connectivity index (χ2v) is 4.40. The maximum Gasteiger partial charge on any atom is 0.259 e. The number of aliphatic imine (C=N–C) groups is 1. The third-order valence-electron chi connectivity index (χ3n) is 1.37. The molecule has 62 valence electrons. The Hall–Kier alpha value is -0.350. The lowest BCUT2D eigenvalue weighted by Gasteiger charge is -2.15. The van der Waals surface area contributed by atoms with Gasteiger partial charge in [-0.1, -0.05) is 11.8 Å². The van der Waals surface area contributed by atoms with E-state index in [0.717, 1.165) is 0 Å². The van der Waals surface area contributed by atoms with Crippen LogP contribution in [0, 0.1) is 0 Å². The number of nitrogens with zero attached hydrogens (tertiary/aromatic N) is 1. The predicted molar refractivity (Wildman–Crippen MR) is 45.8 cm³/mol. The molecule has 1 rings (SSSR count). The molecule has 11 heavy (non-hydrogen) atoms. The van der Waals surface area contributed by atoms with Crippen LogP contribution in [0.15, 0.2) is 4.99 Å². The molecule has 3 nitrogen and oxygen atoms in total. The first-order chi connectivity index (χ1) is 4.91. The van der Waals surface area contributed by atoms with Gasteiger partial charge in [-0.15, -0.1) is 0 Å². The van der Waals surface area contributed by atoms with Crippen molar-refractivity contribution in [3.63, 3.8) is 0 Å². The average Bonchev–Trinajstić information content (AvgIpc) is 2.11. The monoisotopic (exact) mass is 173 g/mol. The number of amides is 1. The zero-order valence-electron chi connectivity index (χ0n) is 6.79. The molecule has 0 aromatic carbocycles. The fourth-order valence-electron chi connectivity index (χ4n) is 0.716. The highest BCUT2D eigenvalue weighted by Gasteiger charge is 2.32. The smallest absolute Gasteiger partial charge is 0.259 e. The second-order valence-electron chi connectivity index (χ2n) is 3.07. The zero-order valence-corrected chi connectivity index (χ0v) is 7.60. The first-order valence-electron chi connectivity index (χ1n) is 3.43. The highest BCUT2D eigenvalue weighted by Crippen LogP contribution is 2.27. The van der Waals surface area contributed by atoms with Crippen molar-refractivity contribution >= 4 is 22.7 Å². The van der Waals surface area contributed by atoms with Crippen molar-refractivity contribution in [3.8, 4) is 0 Å². The Kier molecular flexibility index (Phi) is 2.07. The summed E-state index contributed by atoms with van der Waals surface area (Å²) < 4.78 is 0. The minimum atomic E-state index is -0.967. The van der Waals surface area contributed by atoms with Crippen LogP contribution in [0.3, 0.4) is 0 Å². The molecule has 0 aromatic rings. The Morgan fingerprint density at radius 1 is 1.64 bits per heavy atom. The topological polar surface area (TPSA) is 49.7 Å². The van der Waals surface area contributed by atoms with E-state index < -0.39 is 5.60 Å². The predicted octanol–water partition coefficient (Wildman–Crippen LogP) is 0.818. The fourth-order valence-corrected chi connectivity index (χ4v) is 1.64. The second kappa shape index (κ2) is 2.60. The molecule has 0 aliphatic carbocycles. The normalized spacial score (nSPS) is 25.6. The largest absolute Gasteiger partial charge is 0.384 e. The van der Waals surface area contributed by atoms with E-state index in [4.69, 9.17) is 0 Å². The van der Waals surface area contributed by atoms with Gasteiger partial charge in [-0.2, -0.15) is 0 Å². The number of aliphatic hydroxyl groups is 1. The average molecular weight is 173 g/mol. The molecule has 1 amide bonds. The van der Waals surface area contributed by atoms with Crippen LogP contribution < -0.4 is 0 Å². The summed E-state index contributed by atoms with van der Waals surface area (Å²) in [6.07, 6.45) is 0. The van der Waals surface area contributed by atoms with E-state index in [2.05, 4.69) is 4.99 Å². The lowest BCUT2D eigenvalue weighted by Crippen LogP contribution is -2.27. The molecule has 1 atom stereocenters. The molecule has 1 aliphatic heterocycles. The van der Waals surface area contributed by atoms with Gasteiger partial charge in [0.05, 0.1) is 5.25 Å². The molecule has 1 N–H and O–H groups in total. The number of hydrogen-bond acceptors (Lipinski definition) is 3. The Morgan fingerprint density at radius 3 is 2.36 bits per heavy atom. The van der Waals surface area contributed by atoms with E-state index in [-0.39, 0.29) is 11.2 Å². The minimum absolute atomic E-state index is 0.128. The van der Waals surface area contributed by atoms with Crippen LogP contribution >= 0.6 is 11.8 Å². The molecule has 4 heteroatoms. The van der Waals surface area contributed by atoms with Gasteiger partial charge in [0, 0.05) is 0 Å². The maximum absolute atomic E-state index is 10.9. The van der Waals surface area contributed by atoms with Gasteiger partial charge in [0.1, 0.15) is 10.6 Å². The molecular formula is C7H11NO2S. The summed E-state index contributed by atoms with van der Waals surface area (Å²) in [6, 6.07) is 0. The van der Waals surface area contributed by atoms with Crippen molar-refractivity contribution in [1.29, 1.82) is 0 Å². The number of thioether (sulfide) groups is 1. The van der Waals surface area contributed by atoms with E-state index in [1.807, 2.05) is 0 Å². The number of carbonyl (C=O) groups is 1. The van der Waals surface area contributed by atoms with Gasteiger partial charge in [0.25, 0.3) is 5.91 Å². The third kappa shape index (κ3) is 1.81. The van der Waals surface area contributed by atoms with Gasteiger partial charge < -0.3 is 5.11 Å². The standard InChI is InChI=1S/C7H11NO2S/c1-4-5(9)8-6(11-4)7(2,3)10/h4,10H,1-3H3. The highest BCUT2D eigenvalue weighted by molar-refractivity contribution is 8.15. The zero-order chi connectivity index (χ0) is 8.65. The lowest BCUT2D eigenvalue weighted by molar-refractivity contribution is -0.116. The summed E-state index contributed by atoms with van der Waals surface area (Å²) in [4.78, 5) is 14.6. The van der Waals surface area contributed by atoms with E-state index in [9.17, 15) is 9.90 Å². The van der Waals surface area contributed by atoms with E-state index in [0.29, 0.717) is 5.04 Å². The summed E-state index contributed by atoms with van der Waals surface area (Å²) in [7, 11) is 0. The molecule has 0 fully saturated rings. The van der Waals surface area contributed by atoms with Crippen molar-refractivity contribution in [2.45, 2.75) is 31.6 Å². The molecule has 0 spiro atoms.